The Balaban J connectivity index is 1.61. The van der Waals surface area contributed by atoms with E-state index >= 15 is 0 Å². The van der Waals surface area contributed by atoms with Gasteiger partial charge in [-0.3, -0.25) is 9.59 Å². The lowest BCUT2D eigenvalue weighted by Crippen LogP contribution is -2.42. The Morgan fingerprint density at radius 3 is 2.03 bits per heavy atom. The molecule has 0 bridgehead atoms. The second-order valence-corrected chi connectivity index (χ2v) is 12.9. The number of benzene rings is 1. The standard InChI is InChI=1S/C30H31N3O2S/c1-29(2)13-20-26(22(34)15-29)25(27-21(31-20)14-30(3,4)16-23(27)35)19-17-33(18-9-6-5-7-10-18)32-28(19)24-11-8-12-36-24/h5-12,17,25,31H,13-16H2,1-4H3. The van der Waals surface area contributed by atoms with Crippen LogP contribution in [0.2, 0.25) is 0 Å². The first kappa shape index (κ1) is 23.2. The first-order valence-corrected chi connectivity index (χ1v) is 13.5. The molecule has 2 aromatic heterocycles. The van der Waals surface area contributed by atoms with E-state index < -0.39 is 5.92 Å². The minimum absolute atomic E-state index is 0.121. The molecule has 0 saturated heterocycles. The van der Waals surface area contributed by atoms with E-state index in [-0.39, 0.29) is 22.4 Å². The Morgan fingerprint density at radius 1 is 0.861 bits per heavy atom. The van der Waals surface area contributed by atoms with Gasteiger partial charge < -0.3 is 5.32 Å². The Labute approximate surface area is 215 Å². The number of hydrogen-bond donors (Lipinski definition) is 1. The second kappa shape index (κ2) is 8.13. The molecule has 2 aliphatic carbocycles. The summed E-state index contributed by atoms with van der Waals surface area (Å²) in [4.78, 5) is 28.5. The summed E-state index contributed by atoms with van der Waals surface area (Å²) in [7, 11) is 0. The zero-order valence-corrected chi connectivity index (χ0v) is 22.0. The van der Waals surface area contributed by atoms with E-state index in [1.54, 1.807) is 11.3 Å². The Kier molecular flexibility index (Phi) is 5.23. The molecule has 0 atom stereocenters. The predicted octanol–water partition coefficient (Wildman–Crippen LogP) is 6.57. The van der Waals surface area contributed by atoms with E-state index in [1.807, 2.05) is 52.7 Å². The number of allylic oxidation sites excluding steroid dienone is 4. The Hall–Kier alpha value is -3.25. The topological polar surface area (TPSA) is 64.0 Å². The van der Waals surface area contributed by atoms with E-state index in [4.69, 9.17) is 5.10 Å². The van der Waals surface area contributed by atoms with Gasteiger partial charge in [0.1, 0.15) is 5.69 Å². The number of rotatable bonds is 3. The van der Waals surface area contributed by atoms with Gasteiger partial charge in [0.2, 0.25) is 0 Å². The molecule has 1 N–H and O–H groups in total. The maximum absolute atomic E-state index is 13.8. The van der Waals surface area contributed by atoms with Gasteiger partial charge in [0.05, 0.1) is 10.6 Å². The van der Waals surface area contributed by atoms with Crippen LogP contribution in [0.25, 0.3) is 16.3 Å². The first-order valence-electron chi connectivity index (χ1n) is 12.6. The molecule has 0 amide bonds. The summed E-state index contributed by atoms with van der Waals surface area (Å²) in [5.74, 6) is -0.141. The highest BCUT2D eigenvalue weighted by atomic mass is 32.1. The van der Waals surface area contributed by atoms with Crippen molar-refractivity contribution >= 4 is 22.9 Å². The molecule has 0 unspecified atom stereocenters. The maximum Gasteiger partial charge on any atom is 0.162 e. The molecule has 1 aliphatic heterocycles. The van der Waals surface area contributed by atoms with Gasteiger partial charge in [0, 0.05) is 53.1 Å². The lowest BCUT2D eigenvalue weighted by atomic mass is 9.64. The van der Waals surface area contributed by atoms with Crippen molar-refractivity contribution in [1.82, 2.24) is 15.1 Å². The van der Waals surface area contributed by atoms with Gasteiger partial charge in [-0.25, -0.2) is 4.68 Å². The van der Waals surface area contributed by atoms with Crippen molar-refractivity contribution in [2.45, 2.75) is 59.3 Å². The average molecular weight is 498 g/mol. The number of nitrogens with one attached hydrogen (secondary N) is 1. The predicted molar refractivity (Wildman–Crippen MR) is 143 cm³/mol. The molecule has 0 fully saturated rings. The summed E-state index contributed by atoms with van der Waals surface area (Å²) in [5, 5.41) is 10.7. The van der Waals surface area contributed by atoms with Crippen molar-refractivity contribution in [3.8, 4) is 16.3 Å². The molecule has 3 aliphatic rings. The van der Waals surface area contributed by atoms with Gasteiger partial charge in [0.15, 0.2) is 11.6 Å². The summed E-state index contributed by atoms with van der Waals surface area (Å²) >= 11 is 1.63. The molecular formula is C30H31N3O2S. The molecular weight excluding hydrogens is 466 g/mol. The molecule has 0 saturated carbocycles. The molecule has 3 aromatic rings. The molecule has 0 radical (unpaired) electrons. The van der Waals surface area contributed by atoms with Gasteiger partial charge in [-0.1, -0.05) is 52.0 Å². The van der Waals surface area contributed by atoms with Crippen LogP contribution >= 0.6 is 11.3 Å². The average Bonchev–Trinajstić information content (AvgIpc) is 3.46. The lowest BCUT2D eigenvalue weighted by molar-refractivity contribution is -0.119. The number of aromatic nitrogens is 2. The number of carbonyl (C=O) groups excluding carboxylic acids is 2. The number of nitrogens with zero attached hydrogens (tertiary/aromatic N) is 2. The fourth-order valence-electron chi connectivity index (χ4n) is 6.12. The minimum atomic E-state index is -0.405. The monoisotopic (exact) mass is 497 g/mol. The fourth-order valence-corrected chi connectivity index (χ4v) is 6.85. The van der Waals surface area contributed by atoms with Gasteiger partial charge in [-0.05, 0) is 47.3 Å². The van der Waals surface area contributed by atoms with Crippen molar-refractivity contribution in [2.75, 3.05) is 0 Å². The molecule has 184 valence electrons. The normalized spacial score (nSPS) is 21.3. The molecule has 6 rings (SSSR count). The lowest BCUT2D eigenvalue weighted by Gasteiger charge is -2.43. The van der Waals surface area contributed by atoms with Crippen LogP contribution in [-0.4, -0.2) is 21.3 Å². The molecule has 3 heterocycles. The SMILES string of the molecule is CC1(C)CC(=O)C2=C(C1)NC1=C(C(=O)CC(C)(C)C1)C2c1cn(-c2ccccc2)nc1-c1cccs1. The summed E-state index contributed by atoms with van der Waals surface area (Å²) in [5.41, 5.74) is 5.96. The van der Waals surface area contributed by atoms with Gasteiger partial charge in [-0.15, -0.1) is 11.3 Å². The highest BCUT2D eigenvalue weighted by Gasteiger charge is 2.47. The Bertz CT molecular complexity index is 1390. The maximum atomic E-state index is 13.8. The van der Waals surface area contributed by atoms with Crippen LogP contribution in [0.4, 0.5) is 0 Å². The highest BCUT2D eigenvalue weighted by Crippen LogP contribution is 2.52. The van der Waals surface area contributed by atoms with Crippen LogP contribution in [-0.2, 0) is 9.59 Å². The zero-order chi connectivity index (χ0) is 25.2. The summed E-state index contributed by atoms with van der Waals surface area (Å²) in [6.07, 6.45) is 4.57. The molecule has 0 spiro atoms. The second-order valence-electron chi connectivity index (χ2n) is 11.9. The smallest absolute Gasteiger partial charge is 0.162 e. The number of thiophene rings is 1. The van der Waals surface area contributed by atoms with Crippen molar-refractivity contribution < 1.29 is 9.59 Å². The van der Waals surface area contributed by atoms with Crippen LogP contribution in [0.1, 0.15) is 64.9 Å². The zero-order valence-electron chi connectivity index (χ0n) is 21.2. The first-order chi connectivity index (χ1) is 17.1. The fraction of sp³-hybridized carbons (Fsp3) is 0.367. The molecule has 36 heavy (non-hydrogen) atoms. The quantitative estimate of drug-likeness (QED) is 0.444. The number of hydrogen-bond acceptors (Lipinski definition) is 5. The number of ketones is 2. The Morgan fingerprint density at radius 2 is 1.47 bits per heavy atom. The van der Waals surface area contributed by atoms with Crippen LogP contribution in [0, 0.1) is 10.8 Å². The van der Waals surface area contributed by atoms with Gasteiger partial charge in [0.25, 0.3) is 0 Å². The third-order valence-electron chi connectivity index (χ3n) is 7.55. The van der Waals surface area contributed by atoms with Crippen molar-refractivity contribution in [3.05, 3.63) is 82.1 Å². The van der Waals surface area contributed by atoms with Crippen molar-refractivity contribution in [1.29, 1.82) is 0 Å². The van der Waals surface area contributed by atoms with Crippen molar-refractivity contribution in [2.24, 2.45) is 10.8 Å². The van der Waals surface area contributed by atoms with Gasteiger partial charge in [-0.2, -0.15) is 5.10 Å². The van der Waals surface area contributed by atoms with E-state index in [1.165, 1.54) is 0 Å². The molecule has 1 aromatic carbocycles. The number of carbonyl (C=O) groups is 2. The largest absolute Gasteiger partial charge is 0.362 e. The van der Waals surface area contributed by atoms with Crippen LogP contribution in [0.15, 0.2) is 76.6 Å². The summed E-state index contributed by atoms with van der Waals surface area (Å²) in [6.45, 7) is 8.59. The molecule has 5 nitrogen and oxygen atoms in total. The van der Waals surface area contributed by atoms with Crippen molar-refractivity contribution in [3.63, 3.8) is 0 Å². The summed E-state index contributed by atoms with van der Waals surface area (Å²) < 4.78 is 1.89. The number of dihydropyridines is 1. The third kappa shape index (κ3) is 3.88. The van der Waals surface area contributed by atoms with Gasteiger partial charge >= 0.3 is 0 Å². The molecule has 6 heteroatoms. The van der Waals surface area contributed by atoms with Crippen LogP contribution < -0.4 is 5.32 Å². The van der Waals surface area contributed by atoms with E-state index in [2.05, 4.69) is 39.1 Å². The third-order valence-corrected chi connectivity index (χ3v) is 8.42. The van der Waals surface area contributed by atoms with Crippen LogP contribution in [0.3, 0.4) is 0 Å². The van der Waals surface area contributed by atoms with E-state index in [0.717, 1.165) is 57.2 Å². The van der Waals surface area contributed by atoms with E-state index in [0.29, 0.717) is 12.8 Å². The number of para-hydroxylation sites is 1. The summed E-state index contributed by atoms with van der Waals surface area (Å²) in [6, 6.07) is 14.1. The van der Waals surface area contributed by atoms with E-state index in [9.17, 15) is 9.59 Å². The minimum Gasteiger partial charge on any atom is -0.362 e. The number of Topliss-reactive ketones (excluding diaryl/α,β-unsaturated/α-hetero) is 2. The highest BCUT2D eigenvalue weighted by molar-refractivity contribution is 7.13. The van der Waals surface area contributed by atoms with Crippen LogP contribution in [0.5, 0.6) is 0 Å².